The van der Waals surface area contributed by atoms with Crippen molar-refractivity contribution in [2.75, 3.05) is 0 Å². The number of fused-ring (bicyclic) bond motifs is 1. The number of aromatic hydroxyl groups is 2. The maximum Gasteiger partial charge on any atom is 0.153 e. The van der Waals surface area contributed by atoms with Gasteiger partial charge < -0.3 is 30.3 Å². The molecule has 1 aliphatic heterocycles. The number of allylic oxidation sites excluding steroid dienone is 1. The fraction of sp³-hybridized carbons (Fsp3) is 0.333. The average molecular weight is 292 g/mol. The third-order valence-corrected chi connectivity index (χ3v) is 3.87. The van der Waals surface area contributed by atoms with Gasteiger partial charge in [0.25, 0.3) is 0 Å². The van der Waals surface area contributed by atoms with Crippen molar-refractivity contribution in [2.24, 2.45) is 5.92 Å². The molecule has 1 aliphatic carbocycles. The topological polar surface area (TPSA) is 110 Å². The molecule has 0 saturated heterocycles. The number of rotatable bonds is 1. The van der Waals surface area contributed by atoms with Crippen molar-refractivity contribution >= 4 is 0 Å². The number of phenols is 2. The molecule has 0 spiro atoms. The van der Waals surface area contributed by atoms with Gasteiger partial charge in [-0.2, -0.15) is 0 Å². The molecule has 5 N–H and O–H groups in total. The van der Waals surface area contributed by atoms with Gasteiger partial charge in [-0.15, -0.1) is 0 Å². The van der Waals surface area contributed by atoms with E-state index in [1.165, 1.54) is 24.3 Å². The summed E-state index contributed by atoms with van der Waals surface area (Å²) in [6.07, 6.45) is 2.01. The summed E-state index contributed by atoms with van der Waals surface area (Å²) in [6.45, 7) is 0. The molecule has 1 unspecified atom stereocenters. The summed E-state index contributed by atoms with van der Waals surface area (Å²) in [4.78, 5) is 0. The Morgan fingerprint density at radius 3 is 2.52 bits per heavy atom. The largest absolute Gasteiger partial charge is 0.508 e. The molecule has 21 heavy (non-hydrogen) atoms. The zero-order valence-corrected chi connectivity index (χ0v) is 11.1. The smallest absolute Gasteiger partial charge is 0.153 e. The first-order valence-corrected chi connectivity index (χ1v) is 6.65. The van der Waals surface area contributed by atoms with Gasteiger partial charge in [-0.05, 0) is 18.6 Å². The maximum absolute atomic E-state index is 10.2. The maximum atomic E-state index is 10.2. The first-order chi connectivity index (χ1) is 9.95. The summed E-state index contributed by atoms with van der Waals surface area (Å²) < 4.78 is 5.69. The molecular weight excluding hydrogens is 276 g/mol. The van der Waals surface area contributed by atoms with E-state index < -0.39 is 12.2 Å². The molecule has 1 aromatic carbocycles. The highest BCUT2D eigenvalue weighted by Crippen LogP contribution is 2.40. The lowest BCUT2D eigenvalue weighted by Crippen LogP contribution is -2.42. The van der Waals surface area contributed by atoms with Crippen molar-refractivity contribution < 1.29 is 30.3 Å². The van der Waals surface area contributed by atoms with Crippen molar-refractivity contribution in [3.63, 3.8) is 0 Å². The van der Waals surface area contributed by atoms with Crippen LogP contribution in [-0.2, 0) is 6.42 Å². The molecule has 0 amide bonds. The van der Waals surface area contributed by atoms with Crippen molar-refractivity contribution in [3.8, 4) is 17.2 Å². The Labute approximate surface area is 120 Å². The number of phenolic OH excluding ortho intramolecular Hbond substituents is 2. The molecule has 6 heteroatoms. The Bertz CT molecular complexity index is 633. The number of aliphatic hydroxyl groups excluding tert-OH is 3. The molecule has 0 aromatic heterocycles. The Morgan fingerprint density at radius 2 is 1.81 bits per heavy atom. The van der Waals surface area contributed by atoms with Crippen molar-refractivity contribution in [2.45, 2.75) is 25.0 Å². The lowest BCUT2D eigenvalue weighted by atomic mass is 9.86. The van der Waals surface area contributed by atoms with Crippen LogP contribution in [-0.4, -0.2) is 37.7 Å². The monoisotopic (exact) mass is 292 g/mol. The fourth-order valence-electron chi connectivity index (χ4n) is 2.79. The van der Waals surface area contributed by atoms with Crippen LogP contribution >= 0.6 is 0 Å². The fourth-order valence-corrected chi connectivity index (χ4v) is 2.79. The van der Waals surface area contributed by atoms with Crippen LogP contribution in [0, 0.1) is 5.92 Å². The van der Waals surface area contributed by atoms with E-state index in [1.807, 2.05) is 0 Å². The molecular formula is C15H16O6. The quantitative estimate of drug-likeness (QED) is 0.538. The summed E-state index contributed by atoms with van der Waals surface area (Å²) in [5.41, 5.74) is 0.443. The summed E-state index contributed by atoms with van der Waals surface area (Å²) in [7, 11) is 0. The van der Waals surface area contributed by atoms with E-state index in [9.17, 15) is 25.5 Å². The highest BCUT2D eigenvalue weighted by Gasteiger charge is 2.36. The second kappa shape index (κ2) is 4.89. The Hall–Kier alpha value is -2.34. The number of aliphatic hydroxyl groups is 3. The standard InChI is InChI=1S/C15H16O6/c16-8-4-11(18)9-6-13(20)15(21-14(9)5-8)7-1-2-10(17)12(19)3-7/h2-5,7,13,15-20H,1,6H2/t7?,13-,15-/m0/s1. The summed E-state index contributed by atoms with van der Waals surface area (Å²) in [5.74, 6) is -0.676. The van der Waals surface area contributed by atoms with Crippen molar-refractivity contribution in [1.82, 2.24) is 0 Å². The molecule has 3 rings (SSSR count). The number of hydrogen-bond acceptors (Lipinski definition) is 6. The van der Waals surface area contributed by atoms with E-state index in [0.717, 1.165) is 0 Å². The minimum atomic E-state index is -0.865. The normalized spacial score (nSPS) is 28.1. The SMILES string of the molecule is OC1=CCC([C@@H]2Oc3cc(O)cc(O)c3C[C@@H]2O)C=C1O. The van der Waals surface area contributed by atoms with E-state index in [1.54, 1.807) is 0 Å². The molecule has 3 atom stereocenters. The van der Waals surface area contributed by atoms with Crippen LogP contribution in [0.4, 0.5) is 0 Å². The van der Waals surface area contributed by atoms with E-state index >= 15 is 0 Å². The number of benzene rings is 1. The predicted molar refractivity (Wildman–Crippen MR) is 73.4 cm³/mol. The van der Waals surface area contributed by atoms with Crippen molar-refractivity contribution in [3.05, 3.63) is 41.4 Å². The second-order valence-corrected chi connectivity index (χ2v) is 5.34. The summed E-state index contributed by atoms with van der Waals surface area (Å²) >= 11 is 0. The molecule has 6 nitrogen and oxygen atoms in total. The molecule has 1 heterocycles. The van der Waals surface area contributed by atoms with Crippen LogP contribution in [0.25, 0.3) is 0 Å². The van der Waals surface area contributed by atoms with Gasteiger partial charge in [-0.1, -0.05) is 0 Å². The van der Waals surface area contributed by atoms with Gasteiger partial charge in [0.2, 0.25) is 0 Å². The third-order valence-electron chi connectivity index (χ3n) is 3.87. The van der Waals surface area contributed by atoms with Crippen LogP contribution < -0.4 is 4.74 Å². The molecule has 0 saturated carbocycles. The molecule has 2 aliphatic rings. The van der Waals surface area contributed by atoms with Crippen LogP contribution in [0.1, 0.15) is 12.0 Å². The van der Waals surface area contributed by atoms with E-state index in [4.69, 9.17) is 4.74 Å². The average Bonchev–Trinajstić information content (AvgIpc) is 2.42. The summed E-state index contributed by atoms with van der Waals surface area (Å²) in [5, 5.41) is 48.5. The lowest BCUT2D eigenvalue weighted by Gasteiger charge is -2.35. The number of ether oxygens (including phenoxy) is 1. The highest BCUT2D eigenvalue weighted by atomic mass is 16.5. The number of hydrogen-bond donors (Lipinski definition) is 5. The molecule has 112 valence electrons. The molecule has 1 aromatic rings. The minimum absolute atomic E-state index is 0.123. The van der Waals surface area contributed by atoms with Gasteiger partial charge in [0.1, 0.15) is 23.4 Å². The zero-order valence-electron chi connectivity index (χ0n) is 11.1. The van der Waals surface area contributed by atoms with E-state index in [-0.39, 0.29) is 35.4 Å². The molecule has 0 bridgehead atoms. The highest BCUT2D eigenvalue weighted by molar-refractivity contribution is 5.51. The van der Waals surface area contributed by atoms with E-state index in [0.29, 0.717) is 17.7 Å². The van der Waals surface area contributed by atoms with Gasteiger partial charge in [-0.3, -0.25) is 0 Å². The summed E-state index contributed by atoms with van der Waals surface area (Å²) in [6, 6.07) is 2.58. The van der Waals surface area contributed by atoms with E-state index in [2.05, 4.69) is 0 Å². The Balaban J connectivity index is 1.89. The Morgan fingerprint density at radius 1 is 1.05 bits per heavy atom. The third kappa shape index (κ3) is 2.38. The molecule has 0 radical (unpaired) electrons. The van der Waals surface area contributed by atoms with Crippen LogP contribution in [0.15, 0.2) is 35.8 Å². The van der Waals surface area contributed by atoms with Gasteiger partial charge in [0.05, 0.1) is 6.10 Å². The van der Waals surface area contributed by atoms with Gasteiger partial charge in [0, 0.05) is 30.0 Å². The van der Waals surface area contributed by atoms with Crippen LogP contribution in [0.2, 0.25) is 0 Å². The predicted octanol–water partition coefficient (Wildman–Crippen LogP) is 1.67. The van der Waals surface area contributed by atoms with Crippen molar-refractivity contribution in [1.29, 1.82) is 0 Å². The first-order valence-electron chi connectivity index (χ1n) is 6.65. The lowest BCUT2D eigenvalue weighted by molar-refractivity contribution is -0.00315. The minimum Gasteiger partial charge on any atom is -0.508 e. The Kier molecular flexibility index (Phi) is 3.17. The zero-order chi connectivity index (χ0) is 15.1. The van der Waals surface area contributed by atoms with Crippen LogP contribution in [0.3, 0.4) is 0 Å². The van der Waals surface area contributed by atoms with Gasteiger partial charge in [-0.25, -0.2) is 0 Å². The van der Waals surface area contributed by atoms with Gasteiger partial charge >= 0.3 is 0 Å². The van der Waals surface area contributed by atoms with Gasteiger partial charge in [0.15, 0.2) is 11.5 Å². The first kappa shape index (κ1) is 13.6. The second-order valence-electron chi connectivity index (χ2n) is 5.34. The van der Waals surface area contributed by atoms with Crippen LogP contribution in [0.5, 0.6) is 17.2 Å². The molecule has 0 fully saturated rings.